The monoisotopic (exact) mass is 279 g/mol. The van der Waals surface area contributed by atoms with Crippen molar-refractivity contribution in [2.45, 2.75) is 17.7 Å². The Balaban J connectivity index is 2.02. The van der Waals surface area contributed by atoms with Crippen molar-refractivity contribution in [3.05, 3.63) is 12.5 Å². The predicted molar refractivity (Wildman–Crippen MR) is 62.5 cm³/mol. The van der Waals surface area contributed by atoms with Crippen LogP contribution in [-0.4, -0.2) is 55.7 Å². The number of aromatic nitrogens is 2. The molecule has 1 fully saturated rings. The summed E-state index contributed by atoms with van der Waals surface area (Å²) >= 11 is 0. The van der Waals surface area contributed by atoms with E-state index in [-0.39, 0.29) is 11.1 Å². The molecule has 1 saturated heterocycles. The number of rotatable bonds is 3. The van der Waals surface area contributed by atoms with E-state index in [1.54, 1.807) is 4.57 Å². The highest BCUT2D eigenvalue weighted by atomic mass is 35.7. The molecule has 2 heterocycles. The van der Waals surface area contributed by atoms with E-state index < -0.39 is 9.05 Å². The molecule has 1 atom stereocenters. The maximum absolute atomic E-state index is 11.0. The van der Waals surface area contributed by atoms with Gasteiger partial charge in [-0.15, -0.1) is 0 Å². The molecule has 2 rings (SSSR count). The number of hydrogen-bond acceptors (Lipinski definition) is 5. The van der Waals surface area contributed by atoms with Gasteiger partial charge in [-0.3, -0.25) is 0 Å². The van der Waals surface area contributed by atoms with E-state index in [1.807, 2.05) is 7.05 Å². The SMILES string of the molecule is CN1CCOC(Cn2cnc(S(=O)(=O)Cl)c2)C1. The molecule has 1 aromatic rings. The molecule has 1 aromatic heterocycles. The summed E-state index contributed by atoms with van der Waals surface area (Å²) in [4.78, 5) is 5.92. The molecule has 0 saturated carbocycles. The van der Waals surface area contributed by atoms with Gasteiger partial charge in [0.1, 0.15) is 0 Å². The van der Waals surface area contributed by atoms with Crippen molar-refractivity contribution in [3.63, 3.8) is 0 Å². The average Bonchev–Trinajstić information content (AvgIpc) is 2.65. The van der Waals surface area contributed by atoms with Crippen LogP contribution in [0.15, 0.2) is 17.6 Å². The van der Waals surface area contributed by atoms with Crippen LogP contribution >= 0.6 is 10.7 Å². The first-order chi connectivity index (χ1) is 7.95. The molecule has 6 nitrogen and oxygen atoms in total. The summed E-state index contributed by atoms with van der Waals surface area (Å²) in [6.45, 7) is 3.00. The smallest absolute Gasteiger partial charge is 0.280 e. The minimum absolute atomic E-state index is 0.0498. The second-order valence-electron chi connectivity index (χ2n) is 4.10. The lowest BCUT2D eigenvalue weighted by molar-refractivity contribution is -0.0275. The van der Waals surface area contributed by atoms with Gasteiger partial charge < -0.3 is 14.2 Å². The molecule has 0 aliphatic carbocycles. The summed E-state index contributed by atoms with van der Waals surface area (Å²) in [6, 6.07) is 0. The number of ether oxygens (including phenoxy) is 1. The molecule has 0 radical (unpaired) electrons. The Labute approximate surface area is 105 Å². The van der Waals surface area contributed by atoms with E-state index in [1.165, 1.54) is 12.5 Å². The van der Waals surface area contributed by atoms with Gasteiger partial charge in [0.25, 0.3) is 9.05 Å². The molecule has 96 valence electrons. The zero-order valence-electron chi connectivity index (χ0n) is 9.41. The Kier molecular flexibility index (Phi) is 3.72. The molecule has 0 spiro atoms. The summed E-state index contributed by atoms with van der Waals surface area (Å²) in [5, 5.41) is -0.122. The number of hydrogen-bond donors (Lipinski definition) is 0. The Bertz CT molecular complexity index is 487. The molecule has 0 aromatic carbocycles. The van der Waals surface area contributed by atoms with E-state index >= 15 is 0 Å². The van der Waals surface area contributed by atoms with Gasteiger partial charge in [0.15, 0.2) is 5.03 Å². The first-order valence-electron chi connectivity index (χ1n) is 5.22. The molecule has 0 bridgehead atoms. The maximum Gasteiger partial charge on any atom is 0.280 e. The van der Waals surface area contributed by atoms with Crippen LogP contribution in [0, 0.1) is 0 Å². The van der Waals surface area contributed by atoms with Crippen LogP contribution in [-0.2, 0) is 20.3 Å². The van der Waals surface area contributed by atoms with Gasteiger partial charge >= 0.3 is 0 Å². The van der Waals surface area contributed by atoms with E-state index in [9.17, 15) is 8.42 Å². The Hall–Kier alpha value is -0.630. The van der Waals surface area contributed by atoms with Crippen LogP contribution in [0.3, 0.4) is 0 Å². The number of morpholine rings is 1. The first kappa shape index (κ1) is 12.8. The van der Waals surface area contributed by atoms with Crippen LogP contribution in [0.4, 0.5) is 0 Å². The highest BCUT2D eigenvalue weighted by Crippen LogP contribution is 2.13. The highest BCUT2D eigenvalue weighted by Gasteiger charge is 2.19. The van der Waals surface area contributed by atoms with E-state index in [0.29, 0.717) is 13.2 Å². The zero-order chi connectivity index (χ0) is 12.5. The molecular weight excluding hydrogens is 266 g/mol. The van der Waals surface area contributed by atoms with Crippen LogP contribution in [0.1, 0.15) is 0 Å². The molecule has 1 aliphatic heterocycles. The van der Waals surface area contributed by atoms with Crippen molar-refractivity contribution in [2.75, 3.05) is 26.7 Å². The fourth-order valence-electron chi connectivity index (χ4n) is 1.78. The van der Waals surface area contributed by atoms with Crippen molar-refractivity contribution in [1.29, 1.82) is 0 Å². The standard InChI is InChI=1S/C9H14ClN3O3S/c1-12-2-3-16-8(4-12)5-13-6-9(11-7-13)17(10,14)15/h6-8H,2-5H2,1H3. The Morgan fingerprint density at radius 2 is 2.41 bits per heavy atom. The molecule has 8 heteroatoms. The van der Waals surface area contributed by atoms with Crippen LogP contribution in [0.5, 0.6) is 0 Å². The fourth-order valence-corrected chi connectivity index (χ4v) is 2.45. The van der Waals surface area contributed by atoms with Crippen molar-refractivity contribution >= 4 is 19.7 Å². The van der Waals surface area contributed by atoms with Gasteiger partial charge in [0, 0.05) is 30.0 Å². The van der Waals surface area contributed by atoms with Crippen molar-refractivity contribution in [2.24, 2.45) is 0 Å². The van der Waals surface area contributed by atoms with Gasteiger partial charge in [-0.2, -0.15) is 0 Å². The maximum atomic E-state index is 11.0. The topological polar surface area (TPSA) is 64.4 Å². The number of nitrogens with zero attached hydrogens (tertiary/aromatic N) is 3. The zero-order valence-corrected chi connectivity index (χ0v) is 11.0. The number of likely N-dealkylation sites (N-methyl/N-ethyl adjacent to an activating group) is 1. The highest BCUT2D eigenvalue weighted by molar-refractivity contribution is 8.13. The van der Waals surface area contributed by atoms with Crippen molar-refractivity contribution < 1.29 is 13.2 Å². The summed E-state index contributed by atoms with van der Waals surface area (Å²) in [5.74, 6) is 0. The first-order valence-corrected chi connectivity index (χ1v) is 7.52. The largest absolute Gasteiger partial charge is 0.374 e. The molecule has 0 N–H and O–H groups in total. The van der Waals surface area contributed by atoms with Crippen LogP contribution in [0.2, 0.25) is 0 Å². The molecule has 17 heavy (non-hydrogen) atoms. The second kappa shape index (κ2) is 4.93. The van der Waals surface area contributed by atoms with E-state index in [4.69, 9.17) is 15.4 Å². The van der Waals surface area contributed by atoms with Crippen molar-refractivity contribution in [3.8, 4) is 0 Å². The van der Waals surface area contributed by atoms with Gasteiger partial charge in [-0.05, 0) is 7.05 Å². The van der Waals surface area contributed by atoms with E-state index in [2.05, 4.69) is 9.88 Å². The Morgan fingerprint density at radius 3 is 3.00 bits per heavy atom. The van der Waals surface area contributed by atoms with E-state index in [0.717, 1.165) is 13.1 Å². The van der Waals surface area contributed by atoms with Crippen LogP contribution < -0.4 is 0 Å². The minimum Gasteiger partial charge on any atom is -0.374 e. The molecule has 0 amide bonds. The number of imidazole rings is 1. The normalized spacial score (nSPS) is 22.8. The van der Waals surface area contributed by atoms with Gasteiger partial charge in [0.2, 0.25) is 0 Å². The second-order valence-corrected chi connectivity index (χ2v) is 6.61. The third-order valence-electron chi connectivity index (χ3n) is 2.62. The minimum atomic E-state index is -3.74. The van der Waals surface area contributed by atoms with Gasteiger partial charge in [-0.1, -0.05) is 0 Å². The summed E-state index contributed by atoms with van der Waals surface area (Å²) < 4.78 is 29.3. The summed E-state index contributed by atoms with van der Waals surface area (Å²) in [6.07, 6.45) is 2.92. The van der Waals surface area contributed by atoms with Crippen LogP contribution in [0.25, 0.3) is 0 Å². The third kappa shape index (κ3) is 3.41. The molecule has 1 aliphatic rings. The third-order valence-corrected chi connectivity index (χ3v) is 3.80. The molecule has 1 unspecified atom stereocenters. The quantitative estimate of drug-likeness (QED) is 0.737. The predicted octanol–water partition coefficient (Wildman–Crippen LogP) is 0.141. The lowest BCUT2D eigenvalue weighted by atomic mass is 10.3. The van der Waals surface area contributed by atoms with Gasteiger partial charge in [0.05, 0.1) is 25.6 Å². The Morgan fingerprint density at radius 1 is 1.65 bits per heavy atom. The molecular formula is C9H14ClN3O3S. The number of halogens is 1. The fraction of sp³-hybridized carbons (Fsp3) is 0.667. The van der Waals surface area contributed by atoms with Gasteiger partial charge in [-0.25, -0.2) is 13.4 Å². The lowest BCUT2D eigenvalue weighted by Crippen LogP contribution is -2.41. The average molecular weight is 280 g/mol. The lowest BCUT2D eigenvalue weighted by Gasteiger charge is -2.30. The van der Waals surface area contributed by atoms with Crippen molar-refractivity contribution in [1.82, 2.24) is 14.5 Å². The summed E-state index contributed by atoms with van der Waals surface area (Å²) in [7, 11) is 3.48. The summed E-state index contributed by atoms with van der Waals surface area (Å²) in [5.41, 5.74) is 0.